The third-order valence-corrected chi connectivity index (χ3v) is 7.67. The maximum absolute atomic E-state index is 14.2. The first-order valence-corrected chi connectivity index (χ1v) is 15.6. The van der Waals surface area contributed by atoms with Gasteiger partial charge in [-0.3, -0.25) is 34.8 Å². The number of pyridine rings is 1. The number of benzene rings is 2. The first-order chi connectivity index (χ1) is 22.7. The number of amides is 3. The predicted molar refractivity (Wildman–Crippen MR) is 175 cm³/mol. The number of ketones is 1. The maximum Gasteiger partial charge on any atom is 0.409 e. The van der Waals surface area contributed by atoms with Gasteiger partial charge in [0.2, 0.25) is 11.8 Å². The Hall–Kier alpha value is -5.17. The monoisotopic (exact) mass is 661 g/mol. The van der Waals surface area contributed by atoms with Gasteiger partial charge in [-0.15, -0.1) is 0 Å². The Balaban J connectivity index is 1.54. The van der Waals surface area contributed by atoms with Crippen molar-refractivity contribution in [2.75, 3.05) is 18.4 Å². The van der Waals surface area contributed by atoms with Crippen molar-refractivity contribution in [2.45, 2.75) is 70.7 Å². The van der Waals surface area contributed by atoms with Gasteiger partial charge in [0, 0.05) is 42.2 Å². The van der Waals surface area contributed by atoms with E-state index in [4.69, 9.17) is 9.84 Å². The second-order valence-corrected chi connectivity index (χ2v) is 12.6. The minimum Gasteiger partial charge on any atom is -0.465 e. The minimum absolute atomic E-state index is 0.0985. The van der Waals surface area contributed by atoms with Gasteiger partial charge >= 0.3 is 12.1 Å². The lowest BCUT2D eigenvalue weighted by Crippen LogP contribution is -2.54. The molecule has 1 aliphatic heterocycles. The molecule has 3 atom stereocenters. The summed E-state index contributed by atoms with van der Waals surface area (Å²) in [5.41, 5.74) is 1.57. The van der Waals surface area contributed by atoms with Gasteiger partial charge in [-0.05, 0) is 94.1 Å². The highest BCUT2D eigenvalue weighted by atomic mass is 19.1. The van der Waals surface area contributed by atoms with E-state index < -0.39 is 47.5 Å². The van der Waals surface area contributed by atoms with Crippen LogP contribution in [0.4, 0.5) is 14.9 Å². The Morgan fingerprint density at radius 2 is 1.71 bits per heavy atom. The Bertz CT molecular complexity index is 1640. The Morgan fingerprint density at radius 1 is 1.02 bits per heavy atom. The van der Waals surface area contributed by atoms with Gasteiger partial charge in [0.1, 0.15) is 17.5 Å². The van der Waals surface area contributed by atoms with Crippen molar-refractivity contribution < 1.29 is 38.2 Å². The molecule has 0 bridgehead atoms. The summed E-state index contributed by atoms with van der Waals surface area (Å²) in [7, 11) is 0. The van der Waals surface area contributed by atoms with Gasteiger partial charge in [-0.2, -0.15) is 0 Å². The number of nitrogens with zero attached hydrogens (tertiary/aromatic N) is 2. The van der Waals surface area contributed by atoms with Crippen molar-refractivity contribution in [1.29, 1.82) is 0 Å². The molecule has 48 heavy (non-hydrogen) atoms. The summed E-state index contributed by atoms with van der Waals surface area (Å²) in [6.45, 7) is 6.98. The fourth-order valence-electron chi connectivity index (χ4n) is 5.40. The molecule has 1 aromatic heterocycles. The van der Waals surface area contributed by atoms with Gasteiger partial charge in [0.25, 0.3) is 0 Å². The van der Waals surface area contributed by atoms with E-state index in [9.17, 15) is 28.4 Å². The minimum atomic E-state index is -1.21. The van der Waals surface area contributed by atoms with Crippen LogP contribution in [0.5, 0.6) is 0 Å². The van der Waals surface area contributed by atoms with E-state index in [2.05, 4.69) is 20.9 Å². The average molecular weight is 662 g/mol. The molecule has 0 aliphatic carbocycles. The summed E-state index contributed by atoms with van der Waals surface area (Å²) >= 11 is 0. The van der Waals surface area contributed by atoms with Crippen molar-refractivity contribution in [3.63, 3.8) is 0 Å². The zero-order chi connectivity index (χ0) is 35.0. The van der Waals surface area contributed by atoms with Gasteiger partial charge in [0.05, 0.1) is 18.6 Å². The van der Waals surface area contributed by atoms with Crippen LogP contribution in [0, 0.1) is 5.82 Å². The number of carboxylic acid groups (broad SMARTS) is 1. The summed E-state index contributed by atoms with van der Waals surface area (Å²) in [6.07, 6.45) is 3.19. The highest BCUT2D eigenvalue weighted by Crippen LogP contribution is 2.33. The van der Waals surface area contributed by atoms with Crippen molar-refractivity contribution in [3.8, 4) is 0 Å². The van der Waals surface area contributed by atoms with Crippen LogP contribution in [-0.2, 0) is 25.5 Å². The molecule has 0 unspecified atom stereocenters. The van der Waals surface area contributed by atoms with Crippen LogP contribution in [0.15, 0.2) is 67.0 Å². The summed E-state index contributed by atoms with van der Waals surface area (Å²) in [5.74, 6) is -2.18. The lowest BCUT2D eigenvalue weighted by Gasteiger charge is -2.30. The molecular weight excluding hydrogens is 621 g/mol. The largest absolute Gasteiger partial charge is 0.465 e. The van der Waals surface area contributed by atoms with Crippen molar-refractivity contribution in [3.05, 3.63) is 95.1 Å². The van der Waals surface area contributed by atoms with Crippen molar-refractivity contribution in [2.24, 2.45) is 0 Å². The lowest BCUT2D eigenvalue weighted by atomic mass is 9.99. The van der Waals surface area contributed by atoms with Crippen LogP contribution < -0.4 is 16.0 Å². The van der Waals surface area contributed by atoms with Crippen LogP contribution >= 0.6 is 0 Å². The number of anilines is 1. The number of esters is 1. The molecule has 1 saturated heterocycles. The standard InChI is InChI=1S/C35H40FN5O7/c1-21(38-20-30(42)48-35(2,3)4)32(44)40-28(16-22-7-13-27(14-8-22)39-34(46)47)33(45)41-15-5-6-29(41)24-17-25(19-37-18-24)31(43)23-9-11-26(36)12-10-23/h7-14,17-19,21,28-29,38-39H,5-6,15-16,20H2,1-4H3,(H,40,44)(H,46,47)/t21-,28-,29-/m0/s1. The van der Waals surface area contributed by atoms with E-state index >= 15 is 0 Å². The summed E-state index contributed by atoms with van der Waals surface area (Å²) in [4.78, 5) is 69.8. The average Bonchev–Trinajstić information content (AvgIpc) is 3.53. The molecule has 12 nitrogen and oxygen atoms in total. The van der Waals surface area contributed by atoms with E-state index in [0.29, 0.717) is 47.3 Å². The zero-order valence-electron chi connectivity index (χ0n) is 27.3. The molecule has 3 amide bonds. The van der Waals surface area contributed by atoms with Crippen LogP contribution in [0.1, 0.15) is 73.6 Å². The first kappa shape index (κ1) is 35.7. The SMILES string of the molecule is C[C@H](NCC(=O)OC(C)(C)C)C(=O)N[C@@H](Cc1ccc(NC(=O)O)cc1)C(=O)N1CCC[C@H]1c1cncc(C(=O)c2ccc(F)cc2)c1. The molecule has 0 spiro atoms. The topological polar surface area (TPSA) is 167 Å². The lowest BCUT2D eigenvalue weighted by molar-refractivity contribution is -0.153. The number of aromatic nitrogens is 1. The molecule has 4 rings (SSSR count). The Labute approximate surface area is 278 Å². The van der Waals surface area contributed by atoms with Crippen LogP contribution in [0.3, 0.4) is 0 Å². The summed E-state index contributed by atoms with van der Waals surface area (Å²) in [5, 5.41) is 17.0. The third-order valence-electron chi connectivity index (χ3n) is 7.67. The number of rotatable bonds is 12. The number of carbonyl (C=O) groups is 5. The van der Waals surface area contributed by atoms with Gasteiger partial charge in [-0.1, -0.05) is 12.1 Å². The molecule has 1 fully saturated rings. The fraction of sp³-hybridized carbons (Fsp3) is 0.371. The van der Waals surface area contributed by atoms with Gasteiger partial charge in [-0.25, -0.2) is 9.18 Å². The van der Waals surface area contributed by atoms with Crippen LogP contribution in [-0.4, -0.2) is 75.4 Å². The van der Waals surface area contributed by atoms with Crippen LogP contribution in [0.25, 0.3) is 0 Å². The van der Waals surface area contributed by atoms with Crippen molar-refractivity contribution in [1.82, 2.24) is 20.5 Å². The van der Waals surface area contributed by atoms with E-state index in [-0.39, 0.29) is 24.7 Å². The molecule has 13 heteroatoms. The maximum atomic E-state index is 14.2. The summed E-state index contributed by atoms with van der Waals surface area (Å²) in [6, 6.07) is 11.1. The predicted octanol–water partition coefficient (Wildman–Crippen LogP) is 4.25. The molecule has 4 N–H and O–H groups in total. The number of hydrogen-bond acceptors (Lipinski definition) is 8. The van der Waals surface area contributed by atoms with E-state index in [1.165, 1.54) is 30.5 Å². The number of hydrogen-bond donors (Lipinski definition) is 4. The molecule has 2 aromatic carbocycles. The third kappa shape index (κ3) is 9.91. The molecule has 2 heterocycles. The molecule has 254 valence electrons. The number of carbonyl (C=O) groups excluding carboxylic acids is 4. The second-order valence-electron chi connectivity index (χ2n) is 12.6. The smallest absolute Gasteiger partial charge is 0.409 e. The number of ether oxygens (including phenoxy) is 1. The molecule has 0 saturated carbocycles. The number of likely N-dealkylation sites (tertiary alicyclic amines) is 1. The number of nitrogens with one attached hydrogen (secondary N) is 3. The van der Waals surface area contributed by atoms with E-state index in [1.54, 1.807) is 69.1 Å². The number of halogens is 1. The zero-order valence-corrected chi connectivity index (χ0v) is 27.3. The fourth-order valence-corrected chi connectivity index (χ4v) is 5.40. The quantitative estimate of drug-likeness (QED) is 0.164. The first-order valence-electron chi connectivity index (χ1n) is 15.6. The molecule has 0 radical (unpaired) electrons. The highest BCUT2D eigenvalue weighted by molar-refractivity contribution is 6.08. The van der Waals surface area contributed by atoms with E-state index in [1.807, 2.05) is 0 Å². The second kappa shape index (κ2) is 15.6. The van der Waals surface area contributed by atoms with E-state index in [0.717, 1.165) is 0 Å². The molecule has 3 aromatic rings. The molecule has 1 aliphatic rings. The Morgan fingerprint density at radius 3 is 2.35 bits per heavy atom. The summed E-state index contributed by atoms with van der Waals surface area (Å²) < 4.78 is 18.7. The Kier molecular flexibility index (Phi) is 11.6. The molecular formula is C35H40FN5O7. The van der Waals surface area contributed by atoms with Gasteiger partial charge in [0.15, 0.2) is 5.78 Å². The van der Waals surface area contributed by atoms with Gasteiger partial charge < -0.3 is 20.1 Å². The van der Waals surface area contributed by atoms with Crippen LogP contribution in [0.2, 0.25) is 0 Å². The normalized spacial score (nSPS) is 15.7. The highest BCUT2D eigenvalue weighted by Gasteiger charge is 2.36. The van der Waals surface area contributed by atoms with Crippen molar-refractivity contribution >= 4 is 35.3 Å².